The van der Waals surface area contributed by atoms with Crippen molar-refractivity contribution in [3.63, 3.8) is 0 Å². The molecule has 0 atom stereocenters. The topological polar surface area (TPSA) is 146 Å². The van der Waals surface area contributed by atoms with E-state index in [1.54, 1.807) is 0 Å². The second-order valence-electron chi connectivity index (χ2n) is 31.1. The van der Waals surface area contributed by atoms with E-state index >= 15 is 0 Å². The second kappa shape index (κ2) is 29.5. The van der Waals surface area contributed by atoms with Crippen molar-refractivity contribution in [2.24, 2.45) is 0 Å². The molecular weight excluding hydrogens is 1550 g/mol. The maximum absolute atomic E-state index is 14.9. The standard InChI is InChI=1S/C37H24N3OP.C37H21N3O.C37H21N3S/c41-42(26-11-3-1-4-12-26,27-13-5-2-6-14-27)28-21-19-25(20-22-28)35-34-31-17-10-24-39-37(31)36-30(16-9-23-38-36)33(34)29-15-7-8-18-32(29)40-35;2*1-3-13-29-25(8-1)33-27-11-6-20-38-36(27)37-28(12-7-21-39-37)34(33)35(40-29)23-18-16-22(17-19-23)24-10-5-15-31-32(24)26-9-2-4-14-30(26)41-31/h1-24H;2*1-21H. The number of furan rings is 1. The quantitative estimate of drug-likeness (QED) is 0.106. The maximum Gasteiger partial charge on any atom is 0.171 e. The zero-order chi connectivity index (χ0) is 81.9. The van der Waals surface area contributed by atoms with Crippen molar-refractivity contribution in [2.45, 2.75) is 0 Å². The van der Waals surface area contributed by atoms with Crippen molar-refractivity contribution in [1.82, 2.24) is 44.9 Å². The molecule has 26 aromatic rings. The molecule has 11 nitrogen and oxygen atoms in total. The van der Waals surface area contributed by atoms with Gasteiger partial charge >= 0.3 is 0 Å². The Kier molecular flexibility index (Phi) is 17.1. The minimum Gasteiger partial charge on any atom is -0.456 e. The molecule has 0 spiro atoms. The second-order valence-corrected chi connectivity index (χ2v) is 35.0. The van der Waals surface area contributed by atoms with Gasteiger partial charge in [-0.25, -0.2) is 15.0 Å². The van der Waals surface area contributed by atoms with Crippen molar-refractivity contribution < 1.29 is 8.98 Å². The van der Waals surface area contributed by atoms with Crippen molar-refractivity contribution in [1.29, 1.82) is 0 Å². The molecule has 0 aliphatic rings. The molecular formula is C111H66N9O2PS. The van der Waals surface area contributed by atoms with E-state index in [1.807, 2.05) is 188 Å². The number of pyridine rings is 9. The lowest BCUT2D eigenvalue weighted by Crippen LogP contribution is -2.24. The number of benzene rings is 15. The van der Waals surface area contributed by atoms with E-state index in [1.165, 1.54) is 36.7 Å². The molecule has 0 aliphatic heterocycles. The Hall–Kier alpha value is -16.0. The fraction of sp³-hybridized carbons (Fsp3) is 0. The molecule has 15 aromatic carbocycles. The van der Waals surface area contributed by atoms with Gasteiger partial charge in [-0.15, -0.1) is 11.3 Å². The molecule has 0 aliphatic carbocycles. The molecule has 13 heteroatoms. The van der Waals surface area contributed by atoms with E-state index in [0.717, 1.165) is 208 Å². The van der Waals surface area contributed by atoms with Gasteiger partial charge in [0, 0.05) is 182 Å². The van der Waals surface area contributed by atoms with Crippen LogP contribution in [0.4, 0.5) is 0 Å². The summed E-state index contributed by atoms with van der Waals surface area (Å²) in [6.07, 6.45) is 11.0. The van der Waals surface area contributed by atoms with Gasteiger partial charge in [0.25, 0.3) is 0 Å². The Morgan fingerprint density at radius 2 is 0.508 bits per heavy atom. The van der Waals surface area contributed by atoms with Crippen molar-refractivity contribution >= 4 is 207 Å². The van der Waals surface area contributed by atoms with Crippen molar-refractivity contribution in [2.75, 3.05) is 0 Å². The molecule has 0 fully saturated rings. The molecule has 0 saturated carbocycles. The van der Waals surface area contributed by atoms with Gasteiger partial charge in [-0.3, -0.25) is 29.9 Å². The highest BCUT2D eigenvalue weighted by Crippen LogP contribution is 2.49. The van der Waals surface area contributed by atoms with Gasteiger partial charge in [0.2, 0.25) is 0 Å². The lowest BCUT2D eigenvalue weighted by Gasteiger charge is -2.20. The van der Waals surface area contributed by atoms with E-state index in [2.05, 4.69) is 224 Å². The van der Waals surface area contributed by atoms with Crippen LogP contribution in [0.3, 0.4) is 0 Å². The largest absolute Gasteiger partial charge is 0.456 e. The Labute approximate surface area is 713 Å². The molecule has 0 unspecified atom stereocenters. The Morgan fingerprint density at radius 3 is 0.927 bits per heavy atom. The number of thiophene rings is 1. The first-order chi connectivity index (χ1) is 61.4. The van der Waals surface area contributed by atoms with Gasteiger partial charge in [-0.05, 0) is 101 Å². The number of fused-ring (bicyclic) bond motifs is 30. The minimum absolute atomic E-state index is 0.787. The summed E-state index contributed by atoms with van der Waals surface area (Å²) in [5.41, 5.74) is 20.6. The fourth-order valence-corrected chi connectivity index (χ4v) is 22.6. The van der Waals surface area contributed by atoms with Crippen molar-refractivity contribution in [3.05, 3.63) is 401 Å². The van der Waals surface area contributed by atoms with Gasteiger partial charge in [-0.2, -0.15) is 0 Å². The summed E-state index contributed by atoms with van der Waals surface area (Å²) in [5, 5.41) is 23.7. The highest BCUT2D eigenvalue weighted by molar-refractivity contribution is 7.85. The summed E-state index contributed by atoms with van der Waals surface area (Å²) in [6, 6.07) is 125. The average molecular weight is 1620 g/mol. The van der Waals surface area contributed by atoms with Crippen LogP contribution < -0.4 is 15.9 Å². The zero-order valence-electron chi connectivity index (χ0n) is 66.3. The van der Waals surface area contributed by atoms with Crippen LogP contribution in [0.1, 0.15) is 0 Å². The molecule has 0 amide bonds. The SMILES string of the molecule is O=P(c1ccccc1)(c1ccccc1)c1ccc(-c2nc3ccccc3c3c4cccnc4c4ncccc4c23)cc1.c1ccc2c(c1)nc(-c1ccc(-c3cccc4oc5ccccc5c34)cc1)c1c3cccnc3c3ncccc3c21.c1ccc2c(c1)nc(-c1ccc(-c3cccc4sc5ccccc5c34)cc1)c1c3cccnc3c3ncccc3c21. The van der Waals surface area contributed by atoms with Crippen LogP contribution in [0.2, 0.25) is 0 Å². The van der Waals surface area contributed by atoms with Crippen LogP contribution in [0.15, 0.2) is 406 Å². The number of aromatic nitrogens is 9. The third-order valence-corrected chi connectivity index (χ3v) is 28.5. The van der Waals surface area contributed by atoms with Crippen LogP contribution in [0.5, 0.6) is 0 Å². The summed E-state index contributed by atoms with van der Waals surface area (Å²) >= 11 is 1.85. The smallest absolute Gasteiger partial charge is 0.171 e. The molecule has 0 saturated heterocycles. The van der Waals surface area contributed by atoms with Crippen molar-refractivity contribution in [3.8, 4) is 56.0 Å². The Balaban J connectivity index is 0.000000105. The highest BCUT2D eigenvalue weighted by Gasteiger charge is 2.31. The first-order valence-electron chi connectivity index (χ1n) is 41.3. The van der Waals surface area contributed by atoms with Gasteiger partial charge in [0.15, 0.2) is 7.14 Å². The zero-order valence-corrected chi connectivity index (χ0v) is 68.0. The predicted octanol–water partition coefficient (Wildman–Crippen LogP) is 27.7. The number of nitrogens with zero attached hydrogens (tertiary/aromatic N) is 9. The first-order valence-corrected chi connectivity index (χ1v) is 43.8. The molecule has 578 valence electrons. The number of hydrogen-bond donors (Lipinski definition) is 0. The van der Waals surface area contributed by atoms with E-state index < -0.39 is 7.14 Å². The number of hydrogen-bond acceptors (Lipinski definition) is 12. The summed E-state index contributed by atoms with van der Waals surface area (Å²) < 4.78 is 23.7. The molecule has 0 N–H and O–H groups in total. The van der Waals surface area contributed by atoms with E-state index in [0.29, 0.717) is 0 Å². The first kappa shape index (κ1) is 72.1. The summed E-state index contributed by atoms with van der Waals surface area (Å²) in [6.45, 7) is 0. The lowest BCUT2D eigenvalue weighted by molar-refractivity contribution is 0.592. The number of para-hydroxylation sites is 4. The third kappa shape index (κ3) is 11.6. The normalized spacial score (nSPS) is 11.9. The third-order valence-electron chi connectivity index (χ3n) is 24.3. The minimum atomic E-state index is -3.09. The maximum atomic E-state index is 14.9. The van der Waals surface area contributed by atoms with Gasteiger partial charge < -0.3 is 8.98 Å². The van der Waals surface area contributed by atoms with E-state index in [-0.39, 0.29) is 0 Å². The average Bonchev–Trinajstić information content (AvgIpc) is 0.930. The van der Waals surface area contributed by atoms with E-state index in [4.69, 9.17) is 49.3 Å². The summed E-state index contributed by atoms with van der Waals surface area (Å²) in [5.74, 6) is 0. The molecule has 124 heavy (non-hydrogen) atoms. The van der Waals surface area contributed by atoms with Gasteiger partial charge in [0.05, 0.1) is 66.7 Å². The van der Waals surface area contributed by atoms with Crippen LogP contribution in [-0.2, 0) is 4.57 Å². The monoisotopic (exact) mass is 1620 g/mol. The Bertz CT molecular complexity index is 8520. The fourth-order valence-electron chi connectivity index (χ4n) is 18.9. The molecule has 11 heterocycles. The van der Waals surface area contributed by atoms with Crippen LogP contribution in [0, 0.1) is 0 Å². The summed E-state index contributed by atoms with van der Waals surface area (Å²) in [4.78, 5) is 44.4. The lowest BCUT2D eigenvalue weighted by atomic mass is 9.92. The van der Waals surface area contributed by atoms with Gasteiger partial charge in [-0.1, -0.05) is 285 Å². The molecule has 11 aromatic heterocycles. The van der Waals surface area contributed by atoms with E-state index in [9.17, 15) is 4.57 Å². The predicted molar refractivity (Wildman–Crippen MR) is 516 cm³/mol. The van der Waals surface area contributed by atoms with Crippen LogP contribution in [0.25, 0.3) is 229 Å². The van der Waals surface area contributed by atoms with Crippen LogP contribution in [-0.4, -0.2) is 44.9 Å². The summed E-state index contributed by atoms with van der Waals surface area (Å²) in [7, 11) is -3.09. The highest BCUT2D eigenvalue weighted by atomic mass is 32.1. The van der Waals surface area contributed by atoms with Gasteiger partial charge in [0.1, 0.15) is 11.2 Å². The molecule has 0 radical (unpaired) electrons. The molecule has 0 bridgehead atoms. The van der Waals surface area contributed by atoms with Crippen LogP contribution >= 0.6 is 18.5 Å². The number of rotatable bonds is 8. The Morgan fingerprint density at radius 1 is 0.210 bits per heavy atom. The molecule has 26 rings (SSSR count).